The molecule has 0 spiro atoms. The van der Waals surface area contributed by atoms with Gasteiger partial charge in [-0.25, -0.2) is 4.98 Å². The van der Waals surface area contributed by atoms with Crippen LogP contribution in [-0.2, 0) is 6.54 Å². The van der Waals surface area contributed by atoms with Crippen molar-refractivity contribution >= 4 is 17.4 Å². The molecular weight excluding hydrogens is 302 g/mol. The number of hydrogen-bond donors (Lipinski definition) is 2. The fourth-order valence-electron chi connectivity index (χ4n) is 2.25. The van der Waals surface area contributed by atoms with Crippen molar-refractivity contribution in [3.63, 3.8) is 0 Å². The number of aromatic nitrogens is 1. The first-order valence-corrected chi connectivity index (χ1v) is 7.73. The van der Waals surface area contributed by atoms with Gasteiger partial charge >= 0.3 is 0 Å². The van der Waals surface area contributed by atoms with E-state index in [1.54, 1.807) is 18.5 Å². The number of benzene rings is 1. The summed E-state index contributed by atoms with van der Waals surface area (Å²) in [5, 5.41) is 6.01. The summed E-state index contributed by atoms with van der Waals surface area (Å²) in [6, 6.07) is 13.0. The molecule has 0 atom stereocenters. The molecule has 0 bridgehead atoms. The molecule has 2 N–H and O–H groups in total. The van der Waals surface area contributed by atoms with Crippen LogP contribution in [0.1, 0.15) is 27.2 Å². The second kappa shape index (κ2) is 7.00. The first kappa shape index (κ1) is 15.8. The molecule has 2 heterocycles. The molecule has 0 radical (unpaired) electrons. The summed E-state index contributed by atoms with van der Waals surface area (Å²) in [6.45, 7) is 4.60. The first-order valence-electron chi connectivity index (χ1n) is 7.73. The molecule has 2 aromatic heterocycles. The van der Waals surface area contributed by atoms with Crippen molar-refractivity contribution in [3.8, 4) is 0 Å². The summed E-state index contributed by atoms with van der Waals surface area (Å²) in [4.78, 5) is 16.5. The van der Waals surface area contributed by atoms with E-state index in [4.69, 9.17) is 4.42 Å². The fraction of sp³-hybridized carbons (Fsp3) is 0.158. The van der Waals surface area contributed by atoms with E-state index in [-0.39, 0.29) is 5.91 Å². The van der Waals surface area contributed by atoms with Gasteiger partial charge in [0.1, 0.15) is 11.6 Å². The third-order valence-electron chi connectivity index (χ3n) is 3.82. The summed E-state index contributed by atoms with van der Waals surface area (Å²) < 4.78 is 5.26. The Labute approximate surface area is 140 Å². The van der Waals surface area contributed by atoms with Gasteiger partial charge in [0, 0.05) is 5.56 Å². The van der Waals surface area contributed by atoms with E-state index < -0.39 is 0 Å². The molecule has 24 heavy (non-hydrogen) atoms. The zero-order valence-electron chi connectivity index (χ0n) is 13.7. The van der Waals surface area contributed by atoms with Crippen LogP contribution in [0.25, 0.3) is 0 Å². The van der Waals surface area contributed by atoms with E-state index in [2.05, 4.69) is 15.6 Å². The van der Waals surface area contributed by atoms with Crippen molar-refractivity contribution in [1.29, 1.82) is 0 Å². The third-order valence-corrected chi connectivity index (χ3v) is 3.82. The van der Waals surface area contributed by atoms with Gasteiger partial charge in [0.15, 0.2) is 0 Å². The lowest BCUT2D eigenvalue weighted by atomic mass is 10.1. The lowest BCUT2D eigenvalue weighted by Gasteiger charge is -2.08. The van der Waals surface area contributed by atoms with Crippen molar-refractivity contribution in [2.45, 2.75) is 20.4 Å². The number of rotatable bonds is 5. The Kier molecular flexibility index (Phi) is 4.61. The maximum Gasteiger partial charge on any atom is 0.256 e. The summed E-state index contributed by atoms with van der Waals surface area (Å²) in [5.74, 6) is 1.20. The highest BCUT2D eigenvalue weighted by molar-refractivity contribution is 6.03. The number of aryl methyl sites for hydroxylation is 2. The Morgan fingerprint density at radius 1 is 1.12 bits per heavy atom. The second-order valence-electron chi connectivity index (χ2n) is 5.62. The minimum absolute atomic E-state index is 0.165. The number of anilines is 2. The van der Waals surface area contributed by atoms with E-state index in [0.717, 1.165) is 22.6 Å². The minimum atomic E-state index is -0.165. The summed E-state index contributed by atoms with van der Waals surface area (Å²) >= 11 is 0. The number of amides is 1. The summed E-state index contributed by atoms with van der Waals surface area (Å²) in [5.41, 5.74) is 3.74. The number of carbonyl (C=O) groups excluding carboxylic acids is 1. The average molecular weight is 321 g/mol. The normalized spacial score (nSPS) is 10.4. The highest BCUT2D eigenvalue weighted by Gasteiger charge is 2.08. The van der Waals surface area contributed by atoms with E-state index in [9.17, 15) is 4.79 Å². The number of hydrogen-bond acceptors (Lipinski definition) is 4. The fourth-order valence-corrected chi connectivity index (χ4v) is 2.25. The van der Waals surface area contributed by atoms with Crippen molar-refractivity contribution in [3.05, 3.63) is 77.4 Å². The second-order valence-corrected chi connectivity index (χ2v) is 5.62. The SMILES string of the molecule is Cc1ccc(C(=O)Nc2ccc(NCc3ccco3)cn2)cc1C. The van der Waals surface area contributed by atoms with Gasteiger partial charge in [0.05, 0.1) is 24.7 Å². The van der Waals surface area contributed by atoms with Crippen molar-refractivity contribution in [1.82, 2.24) is 4.98 Å². The van der Waals surface area contributed by atoms with Crippen LogP contribution in [-0.4, -0.2) is 10.9 Å². The monoisotopic (exact) mass is 321 g/mol. The smallest absolute Gasteiger partial charge is 0.256 e. The maximum absolute atomic E-state index is 12.3. The molecule has 1 aromatic carbocycles. The zero-order valence-corrected chi connectivity index (χ0v) is 13.7. The van der Waals surface area contributed by atoms with E-state index >= 15 is 0 Å². The molecule has 3 rings (SSSR count). The Balaban J connectivity index is 1.60. The van der Waals surface area contributed by atoms with Crippen LogP contribution < -0.4 is 10.6 Å². The Bertz CT molecular complexity index is 824. The largest absolute Gasteiger partial charge is 0.467 e. The van der Waals surface area contributed by atoms with Gasteiger partial charge in [-0.3, -0.25) is 4.79 Å². The molecule has 1 amide bonds. The lowest BCUT2D eigenvalue weighted by molar-refractivity contribution is 0.102. The van der Waals surface area contributed by atoms with Crippen LogP contribution in [0.15, 0.2) is 59.3 Å². The van der Waals surface area contributed by atoms with Crippen molar-refractivity contribution in [2.24, 2.45) is 0 Å². The Morgan fingerprint density at radius 3 is 2.67 bits per heavy atom. The van der Waals surface area contributed by atoms with Crippen LogP contribution >= 0.6 is 0 Å². The standard InChI is InChI=1S/C19H19N3O2/c1-13-5-6-15(10-14(13)2)19(23)22-18-8-7-16(11-21-18)20-12-17-4-3-9-24-17/h3-11,20H,12H2,1-2H3,(H,21,22,23). The molecule has 0 saturated heterocycles. The number of nitrogens with zero attached hydrogens (tertiary/aromatic N) is 1. The predicted octanol–water partition coefficient (Wildman–Crippen LogP) is 4.16. The molecular formula is C19H19N3O2. The molecule has 0 saturated carbocycles. The zero-order chi connectivity index (χ0) is 16.9. The summed E-state index contributed by atoms with van der Waals surface area (Å²) in [7, 11) is 0. The van der Waals surface area contributed by atoms with Crippen molar-refractivity contribution < 1.29 is 9.21 Å². The number of furan rings is 1. The van der Waals surface area contributed by atoms with E-state index in [1.165, 1.54) is 0 Å². The molecule has 0 unspecified atom stereocenters. The van der Waals surface area contributed by atoms with Gasteiger partial charge in [-0.2, -0.15) is 0 Å². The Morgan fingerprint density at radius 2 is 2.00 bits per heavy atom. The molecule has 3 aromatic rings. The number of nitrogens with one attached hydrogen (secondary N) is 2. The molecule has 0 fully saturated rings. The van der Waals surface area contributed by atoms with E-state index in [0.29, 0.717) is 17.9 Å². The van der Waals surface area contributed by atoms with E-state index in [1.807, 2.05) is 50.2 Å². The average Bonchev–Trinajstić information content (AvgIpc) is 3.10. The van der Waals surface area contributed by atoms with Crippen LogP contribution in [0, 0.1) is 13.8 Å². The molecule has 0 aliphatic heterocycles. The van der Waals surface area contributed by atoms with Crippen LogP contribution in [0.2, 0.25) is 0 Å². The van der Waals surface area contributed by atoms with Crippen LogP contribution in [0.4, 0.5) is 11.5 Å². The molecule has 0 aliphatic rings. The Hall–Kier alpha value is -3.08. The number of pyridine rings is 1. The summed E-state index contributed by atoms with van der Waals surface area (Å²) in [6.07, 6.45) is 3.32. The van der Waals surface area contributed by atoms with Crippen LogP contribution in [0.3, 0.4) is 0 Å². The third kappa shape index (κ3) is 3.81. The van der Waals surface area contributed by atoms with Gasteiger partial charge in [0.2, 0.25) is 0 Å². The van der Waals surface area contributed by atoms with Crippen LogP contribution in [0.5, 0.6) is 0 Å². The van der Waals surface area contributed by atoms with Gasteiger partial charge in [-0.05, 0) is 61.4 Å². The molecule has 0 aliphatic carbocycles. The predicted molar refractivity (Wildman–Crippen MR) is 94.1 cm³/mol. The number of carbonyl (C=O) groups is 1. The highest BCUT2D eigenvalue weighted by atomic mass is 16.3. The highest BCUT2D eigenvalue weighted by Crippen LogP contribution is 2.14. The van der Waals surface area contributed by atoms with Gasteiger partial charge in [-0.15, -0.1) is 0 Å². The first-order chi connectivity index (χ1) is 11.6. The topological polar surface area (TPSA) is 67.2 Å². The quantitative estimate of drug-likeness (QED) is 0.740. The minimum Gasteiger partial charge on any atom is -0.467 e. The van der Waals surface area contributed by atoms with Crippen molar-refractivity contribution in [2.75, 3.05) is 10.6 Å². The molecule has 122 valence electrons. The van der Waals surface area contributed by atoms with Gasteiger partial charge in [0.25, 0.3) is 5.91 Å². The molecule has 5 nitrogen and oxygen atoms in total. The van der Waals surface area contributed by atoms with Gasteiger partial charge in [-0.1, -0.05) is 6.07 Å². The lowest BCUT2D eigenvalue weighted by Crippen LogP contribution is -2.13. The molecule has 5 heteroatoms. The van der Waals surface area contributed by atoms with Gasteiger partial charge < -0.3 is 15.1 Å². The maximum atomic E-state index is 12.3.